The smallest absolute Gasteiger partial charge is 0.265 e. The first-order valence-corrected chi connectivity index (χ1v) is 6.70. The van der Waals surface area contributed by atoms with Gasteiger partial charge in [0.25, 0.3) is 5.91 Å². The van der Waals surface area contributed by atoms with E-state index in [-0.39, 0.29) is 17.9 Å². The number of aromatic nitrogens is 2. The summed E-state index contributed by atoms with van der Waals surface area (Å²) in [7, 11) is 0. The quantitative estimate of drug-likeness (QED) is 0.808. The van der Waals surface area contributed by atoms with Crippen molar-refractivity contribution in [1.82, 2.24) is 14.9 Å². The maximum Gasteiger partial charge on any atom is 0.265 e. The van der Waals surface area contributed by atoms with E-state index in [9.17, 15) is 4.79 Å². The second-order valence-corrected chi connectivity index (χ2v) is 5.09. The fourth-order valence-electron chi connectivity index (χ4n) is 1.58. The lowest BCUT2D eigenvalue weighted by Gasteiger charge is -2.15. The summed E-state index contributed by atoms with van der Waals surface area (Å²) in [5.41, 5.74) is 6.38. The van der Waals surface area contributed by atoms with Gasteiger partial charge in [0, 0.05) is 12.6 Å². The molecule has 0 radical (unpaired) electrons. The number of nitrogens with two attached hydrogens (primary N) is 1. The van der Waals surface area contributed by atoms with Gasteiger partial charge in [0.15, 0.2) is 0 Å². The zero-order chi connectivity index (χ0) is 12.8. The number of nitrogens with zero attached hydrogens (tertiary/aromatic N) is 2. The summed E-state index contributed by atoms with van der Waals surface area (Å²) in [5.74, 6) is 0.101. The van der Waals surface area contributed by atoms with Crippen LogP contribution in [0.15, 0.2) is 0 Å². The normalized spacial score (nSPS) is 12.8. The van der Waals surface area contributed by atoms with Gasteiger partial charge in [0.05, 0.1) is 5.69 Å². The zero-order valence-electron chi connectivity index (χ0n) is 10.6. The standard InChI is InChI=1S/C11H20N4OS/c1-4-5-8(6-12)13-11(16)10-9(7(2)3)14-15-17-10/h7-8H,4-6,12H2,1-3H3,(H,13,16). The SMILES string of the molecule is CCCC(CN)NC(=O)c1snnc1C(C)C. The summed E-state index contributed by atoms with van der Waals surface area (Å²) in [5, 5.41) is 6.92. The van der Waals surface area contributed by atoms with Gasteiger partial charge in [-0.2, -0.15) is 0 Å². The Bertz CT molecular complexity index is 364. The molecule has 0 spiro atoms. The van der Waals surface area contributed by atoms with E-state index in [4.69, 9.17) is 5.73 Å². The maximum atomic E-state index is 12.0. The van der Waals surface area contributed by atoms with Gasteiger partial charge < -0.3 is 11.1 Å². The van der Waals surface area contributed by atoms with Gasteiger partial charge in [-0.25, -0.2) is 0 Å². The van der Waals surface area contributed by atoms with Crippen LogP contribution in [0.3, 0.4) is 0 Å². The van der Waals surface area contributed by atoms with Crippen molar-refractivity contribution in [3.63, 3.8) is 0 Å². The number of hydrogen-bond donors (Lipinski definition) is 2. The monoisotopic (exact) mass is 256 g/mol. The van der Waals surface area contributed by atoms with E-state index in [1.165, 1.54) is 0 Å². The van der Waals surface area contributed by atoms with Crippen LogP contribution in [0.4, 0.5) is 0 Å². The number of carbonyl (C=O) groups excluding carboxylic acids is 1. The van der Waals surface area contributed by atoms with E-state index in [1.807, 2.05) is 13.8 Å². The van der Waals surface area contributed by atoms with Gasteiger partial charge in [-0.1, -0.05) is 31.7 Å². The minimum atomic E-state index is -0.104. The summed E-state index contributed by atoms with van der Waals surface area (Å²) in [6.07, 6.45) is 1.89. The van der Waals surface area contributed by atoms with Crippen LogP contribution in [0.2, 0.25) is 0 Å². The number of nitrogens with one attached hydrogen (secondary N) is 1. The molecule has 1 unspecified atom stereocenters. The van der Waals surface area contributed by atoms with Crippen molar-refractivity contribution in [3.05, 3.63) is 10.6 Å². The van der Waals surface area contributed by atoms with Gasteiger partial charge in [-0.05, 0) is 23.9 Å². The molecular formula is C11H20N4OS. The molecule has 0 saturated carbocycles. The van der Waals surface area contributed by atoms with Crippen LogP contribution in [-0.4, -0.2) is 28.1 Å². The molecule has 0 bridgehead atoms. The second-order valence-electron chi connectivity index (χ2n) is 4.34. The fourth-order valence-corrected chi connectivity index (χ4v) is 2.30. The number of amides is 1. The molecule has 0 aromatic carbocycles. The lowest BCUT2D eigenvalue weighted by molar-refractivity contribution is 0.0939. The number of rotatable bonds is 6. The zero-order valence-corrected chi connectivity index (χ0v) is 11.4. The Morgan fingerprint density at radius 1 is 1.53 bits per heavy atom. The van der Waals surface area contributed by atoms with Gasteiger partial charge in [-0.15, -0.1) is 5.10 Å². The fraction of sp³-hybridized carbons (Fsp3) is 0.727. The van der Waals surface area contributed by atoms with Crippen molar-refractivity contribution >= 4 is 17.4 Å². The van der Waals surface area contributed by atoms with E-state index >= 15 is 0 Å². The molecule has 1 atom stereocenters. The maximum absolute atomic E-state index is 12.0. The van der Waals surface area contributed by atoms with E-state index in [1.54, 1.807) is 0 Å². The van der Waals surface area contributed by atoms with E-state index in [2.05, 4.69) is 21.8 Å². The minimum absolute atomic E-state index is 0.0367. The molecule has 0 aliphatic heterocycles. The number of hydrogen-bond acceptors (Lipinski definition) is 5. The van der Waals surface area contributed by atoms with E-state index < -0.39 is 0 Å². The van der Waals surface area contributed by atoms with Gasteiger partial charge in [-0.3, -0.25) is 4.79 Å². The van der Waals surface area contributed by atoms with E-state index in [0.717, 1.165) is 30.1 Å². The Morgan fingerprint density at radius 3 is 2.76 bits per heavy atom. The second kappa shape index (κ2) is 6.66. The lowest BCUT2D eigenvalue weighted by Crippen LogP contribution is -2.40. The largest absolute Gasteiger partial charge is 0.347 e. The van der Waals surface area contributed by atoms with E-state index in [0.29, 0.717) is 11.4 Å². The summed E-state index contributed by atoms with van der Waals surface area (Å²) >= 11 is 1.14. The summed E-state index contributed by atoms with van der Waals surface area (Å²) in [6.45, 7) is 6.53. The molecule has 1 heterocycles. The minimum Gasteiger partial charge on any atom is -0.347 e. The van der Waals surface area contributed by atoms with Crippen molar-refractivity contribution in [3.8, 4) is 0 Å². The van der Waals surface area contributed by atoms with Crippen molar-refractivity contribution in [2.45, 2.75) is 45.6 Å². The third-order valence-corrected chi connectivity index (χ3v) is 3.26. The molecule has 17 heavy (non-hydrogen) atoms. The van der Waals surface area contributed by atoms with Gasteiger partial charge >= 0.3 is 0 Å². The predicted molar refractivity (Wildman–Crippen MR) is 69.2 cm³/mol. The average Bonchev–Trinajstić information content (AvgIpc) is 2.77. The Kier molecular flexibility index (Phi) is 5.50. The molecule has 0 aliphatic carbocycles. The first kappa shape index (κ1) is 14.1. The van der Waals surface area contributed by atoms with Crippen LogP contribution < -0.4 is 11.1 Å². The molecule has 6 heteroatoms. The first-order valence-electron chi connectivity index (χ1n) is 5.93. The molecule has 0 saturated heterocycles. The summed E-state index contributed by atoms with van der Waals surface area (Å²) in [4.78, 5) is 12.6. The van der Waals surface area contributed by atoms with Crippen LogP contribution in [-0.2, 0) is 0 Å². The summed E-state index contributed by atoms with van der Waals surface area (Å²) < 4.78 is 3.84. The highest BCUT2D eigenvalue weighted by atomic mass is 32.1. The Morgan fingerprint density at radius 2 is 2.24 bits per heavy atom. The summed E-state index contributed by atoms with van der Waals surface area (Å²) in [6, 6.07) is 0.0367. The van der Waals surface area contributed by atoms with Crippen LogP contribution in [0.1, 0.15) is 54.9 Å². The molecule has 0 fully saturated rings. The molecular weight excluding hydrogens is 236 g/mol. The average molecular weight is 256 g/mol. The highest BCUT2D eigenvalue weighted by molar-refractivity contribution is 7.08. The highest BCUT2D eigenvalue weighted by Crippen LogP contribution is 2.19. The predicted octanol–water partition coefficient (Wildman–Crippen LogP) is 1.52. The molecule has 1 aromatic rings. The van der Waals surface area contributed by atoms with Crippen molar-refractivity contribution in [1.29, 1.82) is 0 Å². The third-order valence-electron chi connectivity index (χ3n) is 2.52. The van der Waals surface area contributed by atoms with Crippen LogP contribution in [0, 0.1) is 0 Å². The molecule has 3 N–H and O–H groups in total. The molecule has 1 amide bonds. The molecule has 0 aliphatic rings. The third kappa shape index (κ3) is 3.74. The topological polar surface area (TPSA) is 80.9 Å². The Hall–Kier alpha value is -1.01. The highest BCUT2D eigenvalue weighted by Gasteiger charge is 2.20. The molecule has 96 valence electrons. The Labute approximate surface area is 106 Å². The first-order chi connectivity index (χ1) is 8.10. The number of carbonyl (C=O) groups is 1. The van der Waals surface area contributed by atoms with Gasteiger partial charge in [0.1, 0.15) is 4.88 Å². The molecule has 1 aromatic heterocycles. The van der Waals surface area contributed by atoms with Crippen molar-refractivity contribution in [2.75, 3.05) is 6.54 Å². The van der Waals surface area contributed by atoms with Crippen LogP contribution >= 0.6 is 11.5 Å². The van der Waals surface area contributed by atoms with Crippen molar-refractivity contribution in [2.24, 2.45) is 5.73 Å². The van der Waals surface area contributed by atoms with Crippen LogP contribution in [0.25, 0.3) is 0 Å². The van der Waals surface area contributed by atoms with Crippen LogP contribution in [0.5, 0.6) is 0 Å². The lowest BCUT2D eigenvalue weighted by atomic mass is 10.1. The molecule has 5 nitrogen and oxygen atoms in total. The molecule has 1 rings (SSSR count). The van der Waals surface area contributed by atoms with Crippen molar-refractivity contribution < 1.29 is 4.79 Å². The van der Waals surface area contributed by atoms with Gasteiger partial charge in [0.2, 0.25) is 0 Å². The Balaban J connectivity index is 2.72.